The number of nitrogens with one attached hydrogen (secondary N) is 1. The van der Waals surface area contributed by atoms with E-state index in [2.05, 4.69) is 5.32 Å². The maximum Gasteiger partial charge on any atom is 0.325 e. The van der Waals surface area contributed by atoms with Gasteiger partial charge in [-0.2, -0.15) is 0 Å². The lowest BCUT2D eigenvalue weighted by Gasteiger charge is -2.23. The van der Waals surface area contributed by atoms with Crippen LogP contribution in [-0.2, 0) is 16.9 Å². The minimum absolute atomic E-state index is 0.00608. The Hall–Kier alpha value is -3.26. The molecule has 1 unspecified atom stereocenters. The smallest absolute Gasteiger partial charge is 0.325 e. The second kappa shape index (κ2) is 7.53. The summed E-state index contributed by atoms with van der Waals surface area (Å²) in [5, 5.41) is 3.07. The summed E-state index contributed by atoms with van der Waals surface area (Å²) in [6.45, 7) is 2.59. The van der Waals surface area contributed by atoms with Crippen molar-refractivity contribution < 1.29 is 23.9 Å². The van der Waals surface area contributed by atoms with Crippen molar-refractivity contribution in [1.29, 1.82) is 0 Å². The minimum Gasteiger partial charge on any atom is -0.489 e. The molecule has 1 fully saturated rings. The van der Waals surface area contributed by atoms with Crippen molar-refractivity contribution in [2.24, 2.45) is 5.73 Å². The predicted octanol–water partition coefficient (Wildman–Crippen LogP) is 2.57. The van der Waals surface area contributed by atoms with Gasteiger partial charge in [0.2, 0.25) is 5.91 Å². The average Bonchev–Trinajstić information content (AvgIpc) is 2.88. The number of urea groups is 1. The highest BCUT2D eigenvalue weighted by Gasteiger charge is 2.49. The van der Waals surface area contributed by atoms with Crippen molar-refractivity contribution in [1.82, 2.24) is 10.2 Å². The third-order valence-corrected chi connectivity index (χ3v) is 5.48. The first-order valence-electron chi connectivity index (χ1n) is 9.42. The van der Waals surface area contributed by atoms with E-state index in [4.69, 9.17) is 26.8 Å². The van der Waals surface area contributed by atoms with E-state index in [1.165, 1.54) is 6.07 Å². The van der Waals surface area contributed by atoms with E-state index < -0.39 is 23.4 Å². The number of fused-ring (bicyclic) bond motifs is 1. The van der Waals surface area contributed by atoms with Gasteiger partial charge in [0, 0.05) is 12.0 Å². The molecule has 4 amide bonds. The van der Waals surface area contributed by atoms with Crippen molar-refractivity contribution in [3.8, 4) is 11.5 Å². The Morgan fingerprint density at radius 3 is 2.77 bits per heavy atom. The number of benzene rings is 2. The SMILES string of the molecule is CC1(c2cccc(C(N)=O)c2)NC(=O)N(Cc2cc(Cl)c3c(c2)OCCCO3)C1=O. The molecule has 2 heterocycles. The van der Waals surface area contributed by atoms with Gasteiger partial charge in [-0.15, -0.1) is 0 Å². The fraction of sp³-hybridized carbons (Fsp3) is 0.286. The van der Waals surface area contributed by atoms with Gasteiger partial charge in [-0.3, -0.25) is 14.5 Å². The van der Waals surface area contributed by atoms with Crippen LogP contribution in [0.2, 0.25) is 5.02 Å². The van der Waals surface area contributed by atoms with Crippen molar-refractivity contribution in [2.45, 2.75) is 25.4 Å². The summed E-state index contributed by atoms with van der Waals surface area (Å²) in [7, 11) is 0. The molecule has 1 atom stereocenters. The molecule has 0 bridgehead atoms. The molecule has 30 heavy (non-hydrogen) atoms. The van der Waals surface area contributed by atoms with Gasteiger partial charge in [0.15, 0.2) is 11.5 Å². The fourth-order valence-corrected chi connectivity index (χ4v) is 3.87. The number of nitrogens with two attached hydrogens (primary N) is 1. The number of carbonyl (C=O) groups excluding carboxylic acids is 3. The van der Waals surface area contributed by atoms with E-state index in [1.54, 1.807) is 37.3 Å². The number of hydrogen-bond donors (Lipinski definition) is 2. The molecule has 0 spiro atoms. The highest BCUT2D eigenvalue weighted by molar-refractivity contribution is 6.32. The van der Waals surface area contributed by atoms with Gasteiger partial charge < -0.3 is 20.5 Å². The van der Waals surface area contributed by atoms with Crippen LogP contribution in [0.15, 0.2) is 36.4 Å². The first-order valence-corrected chi connectivity index (χ1v) is 9.80. The Kier molecular flexibility index (Phi) is 5.03. The van der Waals surface area contributed by atoms with E-state index >= 15 is 0 Å². The molecule has 3 N–H and O–H groups in total. The zero-order valence-electron chi connectivity index (χ0n) is 16.2. The summed E-state index contributed by atoms with van der Waals surface area (Å²) in [6.07, 6.45) is 0.732. The molecule has 2 aromatic rings. The Morgan fingerprint density at radius 2 is 2.00 bits per heavy atom. The Morgan fingerprint density at radius 1 is 1.23 bits per heavy atom. The van der Waals surface area contributed by atoms with Gasteiger partial charge in [-0.05, 0) is 42.3 Å². The van der Waals surface area contributed by atoms with Crippen LogP contribution in [0.1, 0.15) is 34.8 Å². The molecule has 156 valence electrons. The lowest BCUT2D eigenvalue weighted by atomic mass is 9.90. The number of nitrogens with zero attached hydrogens (tertiary/aromatic N) is 1. The van der Waals surface area contributed by atoms with E-state index in [0.29, 0.717) is 40.9 Å². The molecule has 0 saturated carbocycles. The summed E-state index contributed by atoms with van der Waals surface area (Å²) < 4.78 is 11.3. The van der Waals surface area contributed by atoms with Gasteiger partial charge >= 0.3 is 6.03 Å². The van der Waals surface area contributed by atoms with E-state index in [1.807, 2.05) is 0 Å². The highest BCUT2D eigenvalue weighted by atomic mass is 35.5. The highest BCUT2D eigenvalue weighted by Crippen LogP contribution is 2.39. The standard InChI is InChI=1S/C21H20ClN3O5/c1-21(14-5-2-4-13(10-14)18(23)26)19(27)25(20(28)24-21)11-12-8-15(22)17-16(9-12)29-6-3-7-30-17/h2,4-5,8-10H,3,6-7,11H2,1H3,(H2,23,26)(H,24,28). The molecule has 2 aromatic carbocycles. The Balaban J connectivity index is 1.62. The summed E-state index contributed by atoms with van der Waals surface area (Å²) in [5.41, 5.74) is 5.37. The normalized spacial score (nSPS) is 20.7. The quantitative estimate of drug-likeness (QED) is 0.725. The van der Waals surface area contributed by atoms with Gasteiger partial charge in [-0.25, -0.2) is 4.79 Å². The van der Waals surface area contributed by atoms with Gasteiger partial charge in [0.25, 0.3) is 5.91 Å². The molecule has 4 rings (SSSR count). The van der Waals surface area contributed by atoms with Crippen LogP contribution in [0.5, 0.6) is 11.5 Å². The number of primary amides is 1. The largest absolute Gasteiger partial charge is 0.489 e. The molecular weight excluding hydrogens is 410 g/mol. The number of imide groups is 1. The first kappa shape index (κ1) is 20.0. The summed E-state index contributed by atoms with van der Waals surface area (Å²) in [5.74, 6) is -0.115. The van der Waals surface area contributed by atoms with E-state index in [-0.39, 0.29) is 12.1 Å². The molecule has 1 saturated heterocycles. The fourth-order valence-electron chi connectivity index (χ4n) is 3.58. The summed E-state index contributed by atoms with van der Waals surface area (Å²) in [6, 6.07) is 9.17. The van der Waals surface area contributed by atoms with Crippen molar-refractivity contribution >= 4 is 29.4 Å². The molecular formula is C21H20ClN3O5. The van der Waals surface area contributed by atoms with Gasteiger partial charge in [0.05, 0.1) is 24.8 Å². The number of carbonyl (C=O) groups is 3. The number of amides is 4. The topological polar surface area (TPSA) is 111 Å². The zero-order valence-corrected chi connectivity index (χ0v) is 17.0. The van der Waals surface area contributed by atoms with Crippen LogP contribution in [0.3, 0.4) is 0 Å². The van der Waals surface area contributed by atoms with Crippen LogP contribution >= 0.6 is 11.6 Å². The van der Waals surface area contributed by atoms with Crippen molar-refractivity contribution in [2.75, 3.05) is 13.2 Å². The molecule has 0 aliphatic carbocycles. The number of halogens is 1. The number of hydrogen-bond acceptors (Lipinski definition) is 5. The maximum atomic E-state index is 13.2. The third-order valence-electron chi connectivity index (χ3n) is 5.20. The zero-order chi connectivity index (χ0) is 21.5. The monoisotopic (exact) mass is 429 g/mol. The number of ether oxygens (including phenoxy) is 2. The molecule has 2 aliphatic heterocycles. The van der Waals surface area contributed by atoms with Crippen LogP contribution in [-0.4, -0.2) is 36.0 Å². The number of rotatable bonds is 4. The van der Waals surface area contributed by atoms with Crippen LogP contribution in [0.25, 0.3) is 0 Å². The molecule has 2 aliphatic rings. The molecule has 0 aromatic heterocycles. The van der Waals surface area contributed by atoms with E-state index in [9.17, 15) is 14.4 Å². The average molecular weight is 430 g/mol. The first-order chi connectivity index (χ1) is 14.3. The van der Waals surface area contributed by atoms with Crippen molar-refractivity contribution in [3.63, 3.8) is 0 Å². The minimum atomic E-state index is -1.32. The summed E-state index contributed by atoms with van der Waals surface area (Å²) in [4.78, 5) is 38.4. The lowest BCUT2D eigenvalue weighted by Crippen LogP contribution is -2.41. The second-order valence-corrected chi connectivity index (χ2v) is 7.75. The lowest BCUT2D eigenvalue weighted by molar-refractivity contribution is -0.131. The van der Waals surface area contributed by atoms with Crippen LogP contribution < -0.4 is 20.5 Å². The van der Waals surface area contributed by atoms with Gasteiger partial charge in [0.1, 0.15) is 5.54 Å². The van der Waals surface area contributed by atoms with Gasteiger partial charge in [-0.1, -0.05) is 23.7 Å². The van der Waals surface area contributed by atoms with Crippen LogP contribution in [0.4, 0.5) is 4.79 Å². The Bertz CT molecular complexity index is 1060. The molecule has 0 radical (unpaired) electrons. The van der Waals surface area contributed by atoms with Crippen molar-refractivity contribution in [3.05, 3.63) is 58.1 Å². The predicted molar refractivity (Wildman–Crippen MR) is 108 cm³/mol. The third kappa shape index (κ3) is 3.43. The van der Waals surface area contributed by atoms with E-state index in [0.717, 1.165) is 11.3 Å². The second-order valence-electron chi connectivity index (χ2n) is 7.35. The van der Waals surface area contributed by atoms with Crippen LogP contribution in [0, 0.1) is 0 Å². The molecule has 9 heteroatoms. The maximum absolute atomic E-state index is 13.2. The molecule has 8 nitrogen and oxygen atoms in total. The Labute approximate surface area is 177 Å². The summed E-state index contributed by atoms with van der Waals surface area (Å²) >= 11 is 6.32.